The number of rotatable bonds is 7. The maximum Gasteiger partial charge on any atom is 0.321 e. The Morgan fingerprint density at radius 1 is 1.20 bits per heavy atom. The molecule has 0 aliphatic heterocycles. The molecule has 2 aromatic carbocycles. The summed E-state index contributed by atoms with van der Waals surface area (Å²) in [4.78, 5) is 16.4. The largest absolute Gasteiger partial charge is 0.454 e. The SMILES string of the molecule is CC(OC(=O)CN(C)S(=O)(=O)c1ccc(Cl)cc1)c1nc2ccccc2n1C(F)F. The lowest BCUT2D eigenvalue weighted by Crippen LogP contribution is -2.33. The monoisotopic (exact) mass is 457 g/mol. The van der Waals surface area contributed by atoms with Crippen molar-refractivity contribution < 1.29 is 26.7 Å². The number of nitrogens with zero attached hydrogens (tertiary/aromatic N) is 3. The van der Waals surface area contributed by atoms with Gasteiger partial charge in [-0.2, -0.15) is 13.1 Å². The summed E-state index contributed by atoms with van der Waals surface area (Å²) in [6, 6.07) is 11.8. The number of aromatic nitrogens is 2. The predicted molar refractivity (Wildman–Crippen MR) is 107 cm³/mol. The van der Waals surface area contributed by atoms with Crippen molar-refractivity contribution in [2.75, 3.05) is 13.6 Å². The first kappa shape index (κ1) is 22.1. The number of benzene rings is 2. The second kappa shape index (κ2) is 8.66. The van der Waals surface area contributed by atoms with Gasteiger partial charge in [0.2, 0.25) is 10.0 Å². The van der Waals surface area contributed by atoms with Gasteiger partial charge in [-0.05, 0) is 43.3 Å². The molecule has 30 heavy (non-hydrogen) atoms. The number of ether oxygens (including phenoxy) is 1. The number of fused-ring (bicyclic) bond motifs is 1. The first-order valence-corrected chi connectivity index (χ1v) is 10.6. The zero-order chi connectivity index (χ0) is 22.1. The van der Waals surface area contributed by atoms with Crippen LogP contribution in [0.4, 0.5) is 8.78 Å². The average Bonchev–Trinajstić information content (AvgIpc) is 3.08. The van der Waals surface area contributed by atoms with Crippen LogP contribution in [0.25, 0.3) is 11.0 Å². The van der Waals surface area contributed by atoms with Gasteiger partial charge in [-0.3, -0.25) is 9.36 Å². The number of likely N-dealkylation sites (N-methyl/N-ethyl adjacent to an activating group) is 1. The van der Waals surface area contributed by atoms with Crippen molar-refractivity contribution in [1.82, 2.24) is 13.9 Å². The minimum absolute atomic E-state index is 0.0465. The molecule has 160 valence electrons. The van der Waals surface area contributed by atoms with Gasteiger partial charge in [0.15, 0.2) is 11.9 Å². The first-order valence-electron chi connectivity index (χ1n) is 8.77. The molecule has 11 heteroatoms. The van der Waals surface area contributed by atoms with E-state index in [1.165, 1.54) is 44.3 Å². The van der Waals surface area contributed by atoms with E-state index < -0.39 is 35.2 Å². The molecule has 0 amide bonds. The molecule has 0 bridgehead atoms. The van der Waals surface area contributed by atoms with Crippen molar-refractivity contribution in [1.29, 1.82) is 0 Å². The summed E-state index contributed by atoms with van der Waals surface area (Å²) in [6.45, 7) is -2.10. The molecule has 0 fully saturated rings. The van der Waals surface area contributed by atoms with E-state index in [9.17, 15) is 22.0 Å². The number of carbonyl (C=O) groups excluding carboxylic acids is 1. The van der Waals surface area contributed by atoms with Crippen LogP contribution in [0.3, 0.4) is 0 Å². The van der Waals surface area contributed by atoms with Gasteiger partial charge in [0.1, 0.15) is 6.54 Å². The summed E-state index contributed by atoms with van der Waals surface area (Å²) < 4.78 is 58.9. The van der Waals surface area contributed by atoms with Gasteiger partial charge >= 0.3 is 12.5 Å². The fraction of sp³-hybridized carbons (Fsp3) is 0.263. The lowest BCUT2D eigenvalue weighted by atomic mass is 10.3. The Bertz CT molecular complexity index is 1170. The van der Waals surface area contributed by atoms with Crippen LogP contribution in [0.2, 0.25) is 5.02 Å². The van der Waals surface area contributed by atoms with Crippen LogP contribution in [0, 0.1) is 0 Å². The van der Waals surface area contributed by atoms with Crippen molar-refractivity contribution in [3.8, 4) is 0 Å². The molecule has 0 aliphatic rings. The van der Waals surface area contributed by atoms with E-state index in [-0.39, 0.29) is 16.2 Å². The number of hydrogen-bond acceptors (Lipinski definition) is 5. The van der Waals surface area contributed by atoms with Gasteiger partial charge in [-0.1, -0.05) is 23.7 Å². The fourth-order valence-electron chi connectivity index (χ4n) is 2.90. The van der Waals surface area contributed by atoms with E-state index in [4.69, 9.17) is 16.3 Å². The maximum atomic E-state index is 13.6. The van der Waals surface area contributed by atoms with E-state index in [1.807, 2.05) is 0 Å². The molecule has 0 N–H and O–H groups in total. The highest BCUT2D eigenvalue weighted by atomic mass is 35.5. The third-order valence-corrected chi connectivity index (χ3v) is 6.43. The Morgan fingerprint density at radius 3 is 2.47 bits per heavy atom. The highest BCUT2D eigenvalue weighted by Crippen LogP contribution is 2.28. The maximum absolute atomic E-state index is 13.6. The Morgan fingerprint density at radius 2 is 1.83 bits per heavy atom. The lowest BCUT2D eigenvalue weighted by molar-refractivity contribution is -0.149. The highest BCUT2D eigenvalue weighted by molar-refractivity contribution is 7.89. The quantitative estimate of drug-likeness (QED) is 0.501. The van der Waals surface area contributed by atoms with E-state index in [0.717, 1.165) is 4.31 Å². The molecule has 1 unspecified atom stereocenters. The third kappa shape index (κ3) is 4.45. The number of hydrogen-bond donors (Lipinski definition) is 0. The molecule has 3 aromatic rings. The summed E-state index contributed by atoms with van der Waals surface area (Å²) in [7, 11) is -2.75. The van der Waals surface area contributed by atoms with Crippen LogP contribution >= 0.6 is 11.6 Å². The van der Waals surface area contributed by atoms with Gasteiger partial charge < -0.3 is 4.74 Å². The molecule has 1 atom stereocenters. The second-order valence-electron chi connectivity index (χ2n) is 6.45. The molecular weight excluding hydrogens is 440 g/mol. The Kier molecular flexibility index (Phi) is 6.39. The van der Waals surface area contributed by atoms with Gasteiger partial charge in [-0.25, -0.2) is 13.4 Å². The van der Waals surface area contributed by atoms with Crippen LogP contribution in [-0.2, 0) is 19.6 Å². The summed E-state index contributed by atoms with van der Waals surface area (Å²) in [5.41, 5.74) is 0.533. The van der Waals surface area contributed by atoms with Gasteiger partial charge in [0.25, 0.3) is 0 Å². The number of halogens is 3. The van der Waals surface area contributed by atoms with E-state index in [2.05, 4.69) is 4.98 Å². The Balaban J connectivity index is 1.75. The van der Waals surface area contributed by atoms with Crippen molar-refractivity contribution >= 4 is 38.6 Å². The van der Waals surface area contributed by atoms with Crippen LogP contribution < -0.4 is 0 Å². The van der Waals surface area contributed by atoms with E-state index >= 15 is 0 Å². The Labute approximate surface area is 176 Å². The molecule has 1 heterocycles. The topological polar surface area (TPSA) is 81.5 Å². The van der Waals surface area contributed by atoms with E-state index in [0.29, 0.717) is 15.1 Å². The zero-order valence-corrected chi connectivity index (χ0v) is 17.6. The molecule has 0 aliphatic carbocycles. The molecule has 1 aromatic heterocycles. The Hall–Kier alpha value is -2.56. The minimum Gasteiger partial charge on any atom is -0.454 e. The molecular formula is C19H18ClF2N3O4S. The number of alkyl halides is 2. The number of esters is 1. The third-order valence-electron chi connectivity index (χ3n) is 4.36. The molecule has 0 radical (unpaired) electrons. The smallest absolute Gasteiger partial charge is 0.321 e. The zero-order valence-electron chi connectivity index (χ0n) is 16.0. The minimum atomic E-state index is -3.96. The van der Waals surface area contributed by atoms with Gasteiger partial charge in [0.05, 0.1) is 15.9 Å². The second-order valence-corrected chi connectivity index (χ2v) is 8.93. The summed E-state index contributed by atoms with van der Waals surface area (Å²) in [5.74, 6) is -1.04. The number of para-hydroxylation sites is 2. The molecule has 0 saturated heterocycles. The van der Waals surface area contributed by atoms with Crippen LogP contribution in [0.1, 0.15) is 25.4 Å². The van der Waals surface area contributed by atoms with Crippen molar-refractivity contribution in [2.24, 2.45) is 0 Å². The summed E-state index contributed by atoms with van der Waals surface area (Å²) in [6.07, 6.45) is -1.12. The van der Waals surface area contributed by atoms with Crippen molar-refractivity contribution in [2.45, 2.75) is 24.5 Å². The number of carbonyl (C=O) groups is 1. The summed E-state index contributed by atoms with van der Waals surface area (Å²) >= 11 is 5.76. The normalized spacial score (nSPS) is 13.2. The van der Waals surface area contributed by atoms with Crippen molar-refractivity contribution in [3.63, 3.8) is 0 Å². The number of sulfonamides is 1. The molecule has 0 saturated carbocycles. The van der Waals surface area contributed by atoms with Crippen LogP contribution in [0.15, 0.2) is 53.4 Å². The molecule has 0 spiro atoms. The van der Waals surface area contributed by atoms with E-state index in [1.54, 1.807) is 18.2 Å². The molecule has 7 nitrogen and oxygen atoms in total. The average molecular weight is 458 g/mol. The van der Waals surface area contributed by atoms with Gasteiger partial charge in [0, 0.05) is 12.1 Å². The lowest BCUT2D eigenvalue weighted by Gasteiger charge is -2.19. The predicted octanol–water partition coefficient (Wildman–Crippen LogP) is 4.01. The molecule has 3 rings (SSSR count). The highest BCUT2D eigenvalue weighted by Gasteiger charge is 2.27. The fourth-order valence-corrected chi connectivity index (χ4v) is 4.14. The summed E-state index contributed by atoms with van der Waals surface area (Å²) in [5, 5.41) is 0.367. The van der Waals surface area contributed by atoms with Gasteiger partial charge in [-0.15, -0.1) is 0 Å². The van der Waals surface area contributed by atoms with Crippen molar-refractivity contribution in [3.05, 3.63) is 59.4 Å². The number of imidazole rings is 1. The standard InChI is InChI=1S/C19H18ClF2N3O4S/c1-12(18-23-15-5-3-4-6-16(15)25(18)19(21)22)29-17(26)11-24(2)30(27,28)14-9-7-13(20)8-10-14/h3-10,12,19H,11H2,1-2H3. The van der Waals surface area contributed by atoms with Crippen LogP contribution in [0.5, 0.6) is 0 Å². The van der Waals surface area contributed by atoms with Crippen LogP contribution in [-0.4, -0.2) is 41.8 Å². The first-order chi connectivity index (χ1) is 14.1.